The molecule has 0 bridgehead atoms. The summed E-state index contributed by atoms with van der Waals surface area (Å²) in [4.78, 5) is 3.91. The number of nitrogens with one attached hydrogen (secondary N) is 2. The molecule has 2 rings (SSSR count). The quantitative estimate of drug-likeness (QED) is 0.838. The van der Waals surface area contributed by atoms with Crippen LogP contribution in [-0.2, 0) is 10.0 Å². The first kappa shape index (κ1) is 11.1. The summed E-state index contributed by atoms with van der Waals surface area (Å²) >= 11 is 3.16. The number of aromatic amines is 1. The van der Waals surface area contributed by atoms with Gasteiger partial charge < -0.3 is 0 Å². The Labute approximate surface area is 100 Å². The van der Waals surface area contributed by atoms with Crippen LogP contribution in [0.25, 0.3) is 0 Å². The van der Waals surface area contributed by atoms with Crippen molar-refractivity contribution < 1.29 is 8.42 Å². The van der Waals surface area contributed by atoms with Gasteiger partial charge in [0.2, 0.25) is 0 Å². The van der Waals surface area contributed by atoms with E-state index in [0.717, 1.165) is 0 Å². The summed E-state index contributed by atoms with van der Waals surface area (Å²) in [6.45, 7) is 0. The molecule has 2 aromatic heterocycles. The van der Waals surface area contributed by atoms with Crippen LogP contribution in [0.2, 0.25) is 0 Å². The average molecular weight is 303 g/mol. The molecule has 0 aromatic carbocycles. The first-order valence-corrected chi connectivity index (χ1v) is 6.49. The molecule has 0 unspecified atom stereocenters. The maximum Gasteiger partial charge on any atom is 0.278 e. The number of H-pyrrole nitrogens is 1. The number of nitrogens with zero attached hydrogens (tertiary/aromatic N) is 2. The molecule has 0 fully saturated rings. The van der Waals surface area contributed by atoms with Crippen molar-refractivity contribution in [1.82, 2.24) is 15.2 Å². The molecule has 0 saturated carbocycles. The Morgan fingerprint density at radius 1 is 1.31 bits per heavy atom. The molecule has 2 heterocycles. The number of hydrogen-bond donors (Lipinski definition) is 2. The number of hydrogen-bond acceptors (Lipinski definition) is 4. The Hall–Kier alpha value is -1.41. The highest BCUT2D eigenvalue weighted by Gasteiger charge is 2.15. The van der Waals surface area contributed by atoms with E-state index in [-0.39, 0.29) is 5.03 Å². The zero-order chi connectivity index (χ0) is 11.6. The van der Waals surface area contributed by atoms with E-state index < -0.39 is 10.0 Å². The smallest absolute Gasteiger partial charge is 0.277 e. The van der Waals surface area contributed by atoms with Crippen LogP contribution in [0.5, 0.6) is 0 Å². The third-order valence-electron chi connectivity index (χ3n) is 1.74. The minimum absolute atomic E-state index is 0.00965. The monoisotopic (exact) mass is 302 g/mol. The molecule has 6 nitrogen and oxygen atoms in total. The summed E-state index contributed by atoms with van der Waals surface area (Å²) in [5, 5.41) is 5.97. The third kappa shape index (κ3) is 2.39. The fraction of sp³-hybridized carbons (Fsp3) is 0. The van der Waals surface area contributed by atoms with Gasteiger partial charge in [0.05, 0.1) is 18.1 Å². The largest absolute Gasteiger partial charge is 0.278 e. The van der Waals surface area contributed by atoms with Crippen molar-refractivity contribution in [2.24, 2.45) is 0 Å². The predicted molar refractivity (Wildman–Crippen MR) is 61.3 cm³/mol. The topological polar surface area (TPSA) is 87.7 Å². The van der Waals surface area contributed by atoms with Crippen LogP contribution >= 0.6 is 15.9 Å². The average Bonchev–Trinajstić information content (AvgIpc) is 2.75. The van der Waals surface area contributed by atoms with E-state index in [4.69, 9.17) is 0 Å². The van der Waals surface area contributed by atoms with E-state index in [0.29, 0.717) is 10.3 Å². The summed E-state index contributed by atoms with van der Waals surface area (Å²) in [5.41, 5.74) is 0.387. The van der Waals surface area contributed by atoms with Gasteiger partial charge in [-0.3, -0.25) is 9.82 Å². The zero-order valence-electron chi connectivity index (χ0n) is 7.88. The lowest BCUT2D eigenvalue weighted by atomic mass is 10.4. The minimum atomic E-state index is -3.61. The lowest BCUT2D eigenvalue weighted by Crippen LogP contribution is -2.13. The highest BCUT2D eigenvalue weighted by molar-refractivity contribution is 9.10. The first-order valence-electron chi connectivity index (χ1n) is 4.22. The number of anilines is 1. The van der Waals surface area contributed by atoms with Crippen molar-refractivity contribution in [2.75, 3.05) is 4.72 Å². The van der Waals surface area contributed by atoms with Crippen molar-refractivity contribution in [3.05, 3.63) is 35.2 Å². The number of halogens is 1. The number of pyridine rings is 1. The Kier molecular flexibility index (Phi) is 2.92. The second-order valence-electron chi connectivity index (χ2n) is 2.90. The summed E-state index contributed by atoms with van der Waals surface area (Å²) in [6.07, 6.45) is 2.78. The van der Waals surface area contributed by atoms with Crippen LogP contribution in [0.4, 0.5) is 5.69 Å². The predicted octanol–water partition coefficient (Wildman–Crippen LogP) is 1.37. The normalized spacial score (nSPS) is 11.3. The van der Waals surface area contributed by atoms with Crippen molar-refractivity contribution in [1.29, 1.82) is 0 Å². The maximum atomic E-state index is 11.7. The molecule has 8 heteroatoms. The summed E-state index contributed by atoms with van der Waals surface area (Å²) in [7, 11) is -3.61. The molecule has 0 aliphatic heterocycles. The fourth-order valence-electron chi connectivity index (χ4n) is 1.04. The molecule has 0 amide bonds. The molecule has 84 valence electrons. The lowest BCUT2D eigenvalue weighted by Gasteiger charge is -2.04. The molecule has 0 aliphatic carbocycles. The summed E-state index contributed by atoms with van der Waals surface area (Å²) in [5.74, 6) is 0. The summed E-state index contributed by atoms with van der Waals surface area (Å²) in [6, 6.07) is 4.62. The lowest BCUT2D eigenvalue weighted by molar-refractivity contribution is 0.597. The van der Waals surface area contributed by atoms with E-state index in [1.807, 2.05) is 0 Å². The van der Waals surface area contributed by atoms with Crippen molar-refractivity contribution in [3.8, 4) is 0 Å². The van der Waals surface area contributed by atoms with Crippen LogP contribution in [0.1, 0.15) is 0 Å². The SMILES string of the molecule is O=S(=O)(Nc1ccc(Br)nc1)c1ccn[nH]1. The van der Waals surface area contributed by atoms with Gasteiger partial charge in [0.25, 0.3) is 10.0 Å². The molecule has 0 atom stereocenters. The fourth-order valence-corrected chi connectivity index (χ4v) is 2.23. The highest BCUT2D eigenvalue weighted by atomic mass is 79.9. The molecule has 2 N–H and O–H groups in total. The number of rotatable bonds is 3. The molecule has 0 saturated heterocycles. The second kappa shape index (κ2) is 4.22. The van der Waals surface area contributed by atoms with Gasteiger partial charge in [-0.15, -0.1) is 0 Å². The van der Waals surface area contributed by atoms with Gasteiger partial charge in [0, 0.05) is 0 Å². The number of sulfonamides is 1. The standard InChI is InChI=1S/C8H7BrN4O2S/c9-7-2-1-6(5-10-7)13-16(14,15)8-3-4-11-12-8/h1-5,13H,(H,11,12). The van der Waals surface area contributed by atoms with Gasteiger partial charge in [-0.2, -0.15) is 13.5 Å². The Bertz CT molecular complexity index is 565. The molecular formula is C8H7BrN4O2S. The van der Waals surface area contributed by atoms with Gasteiger partial charge in [0.1, 0.15) is 4.60 Å². The maximum absolute atomic E-state index is 11.7. The molecular weight excluding hydrogens is 296 g/mol. The molecule has 16 heavy (non-hydrogen) atoms. The van der Waals surface area contributed by atoms with Crippen LogP contribution in [0.15, 0.2) is 40.2 Å². The third-order valence-corrected chi connectivity index (χ3v) is 3.52. The van der Waals surface area contributed by atoms with Crippen LogP contribution in [-0.4, -0.2) is 23.6 Å². The molecule has 0 radical (unpaired) electrons. The van der Waals surface area contributed by atoms with Crippen molar-refractivity contribution >= 4 is 31.6 Å². The highest BCUT2D eigenvalue weighted by Crippen LogP contribution is 2.14. The van der Waals surface area contributed by atoms with Gasteiger partial charge in [-0.1, -0.05) is 0 Å². The first-order chi connectivity index (χ1) is 7.58. The van der Waals surface area contributed by atoms with E-state index in [2.05, 4.69) is 35.8 Å². The molecule has 0 spiro atoms. The second-order valence-corrected chi connectivity index (χ2v) is 5.36. The van der Waals surface area contributed by atoms with Crippen molar-refractivity contribution in [2.45, 2.75) is 5.03 Å². The Balaban J connectivity index is 2.25. The van der Waals surface area contributed by atoms with Crippen LogP contribution < -0.4 is 4.72 Å². The van der Waals surface area contributed by atoms with Crippen LogP contribution in [0.3, 0.4) is 0 Å². The van der Waals surface area contributed by atoms with Crippen LogP contribution in [0, 0.1) is 0 Å². The van der Waals surface area contributed by atoms with E-state index in [9.17, 15) is 8.42 Å². The molecule has 2 aromatic rings. The number of aromatic nitrogens is 3. The Morgan fingerprint density at radius 3 is 2.69 bits per heavy atom. The Morgan fingerprint density at radius 2 is 2.12 bits per heavy atom. The van der Waals surface area contributed by atoms with Gasteiger partial charge >= 0.3 is 0 Å². The van der Waals surface area contributed by atoms with Gasteiger partial charge in [0.15, 0.2) is 5.03 Å². The minimum Gasteiger partial charge on any atom is -0.277 e. The van der Waals surface area contributed by atoms with Gasteiger partial charge in [-0.05, 0) is 34.1 Å². The molecule has 0 aliphatic rings. The summed E-state index contributed by atoms with van der Waals surface area (Å²) < 4.78 is 26.5. The van der Waals surface area contributed by atoms with E-state index >= 15 is 0 Å². The van der Waals surface area contributed by atoms with E-state index in [1.54, 1.807) is 12.1 Å². The zero-order valence-corrected chi connectivity index (χ0v) is 10.3. The van der Waals surface area contributed by atoms with E-state index in [1.165, 1.54) is 18.5 Å². The van der Waals surface area contributed by atoms with Crippen molar-refractivity contribution in [3.63, 3.8) is 0 Å². The van der Waals surface area contributed by atoms with Gasteiger partial charge in [-0.25, -0.2) is 4.98 Å².